The zero-order valence-electron chi connectivity index (χ0n) is 11.9. The molecule has 1 aromatic heterocycles. The predicted octanol–water partition coefficient (Wildman–Crippen LogP) is 4.81. The number of hydrogen-bond donors (Lipinski definition) is 1. The first kappa shape index (κ1) is 16.8. The minimum absolute atomic E-state index is 0.447. The van der Waals surface area contributed by atoms with E-state index in [1.54, 1.807) is 18.2 Å². The number of benzene rings is 1. The highest BCUT2D eigenvalue weighted by molar-refractivity contribution is 9.10. The van der Waals surface area contributed by atoms with Crippen LogP contribution in [-0.4, -0.2) is 14.9 Å². The third-order valence-electron chi connectivity index (χ3n) is 3.40. The first-order valence-electron chi connectivity index (χ1n) is 6.84. The number of aromatic nitrogens is 2. The smallest absolute Gasteiger partial charge is 0.0860 e. The Kier molecular flexibility index (Phi) is 5.72. The van der Waals surface area contributed by atoms with Crippen LogP contribution in [0.2, 0.25) is 10.0 Å². The summed E-state index contributed by atoms with van der Waals surface area (Å²) in [6.07, 6.45) is 0.596. The lowest BCUT2D eigenvalue weighted by atomic mass is 10.0. The molecule has 21 heavy (non-hydrogen) atoms. The summed E-state index contributed by atoms with van der Waals surface area (Å²) >= 11 is 15.6. The lowest BCUT2D eigenvalue weighted by Gasteiger charge is -2.14. The number of aryl methyl sites for hydroxylation is 2. The van der Waals surface area contributed by atoms with Crippen molar-refractivity contribution in [3.05, 3.63) is 49.7 Å². The quantitative estimate of drug-likeness (QED) is 0.793. The third-order valence-corrected chi connectivity index (χ3v) is 4.88. The van der Waals surface area contributed by atoms with Gasteiger partial charge in [-0.15, -0.1) is 0 Å². The summed E-state index contributed by atoms with van der Waals surface area (Å²) in [5, 5.41) is 16.1. The van der Waals surface area contributed by atoms with Crippen LogP contribution in [0.4, 0.5) is 0 Å². The van der Waals surface area contributed by atoms with Gasteiger partial charge in [0.2, 0.25) is 0 Å². The van der Waals surface area contributed by atoms with Crippen LogP contribution in [0, 0.1) is 0 Å². The standard InChI is InChI=1S/C15H17BrCl2N2O/c1-3-12-15(16)13(20(4-2)19-12)8-14(21)10-6-5-9(17)7-11(10)18/h5-7,14,21H,3-4,8H2,1-2H3. The van der Waals surface area contributed by atoms with Gasteiger partial charge in [-0.1, -0.05) is 36.2 Å². The van der Waals surface area contributed by atoms with Crippen molar-refractivity contribution < 1.29 is 5.11 Å². The van der Waals surface area contributed by atoms with Crippen LogP contribution in [0.3, 0.4) is 0 Å². The maximum Gasteiger partial charge on any atom is 0.0860 e. The molecule has 114 valence electrons. The Balaban J connectivity index is 2.31. The average Bonchev–Trinajstić information content (AvgIpc) is 2.75. The van der Waals surface area contributed by atoms with Crippen molar-refractivity contribution in [3.63, 3.8) is 0 Å². The van der Waals surface area contributed by atoms with Gasteiger partial charge >= 0.3 is 0 Å². The molecule has 0 saturated heterocycles. The summed E-state index contributed by atoms with van der Waals surface area (Å²) in [5.74, 6) is 0. The number of aliphatic hydroxyl groups is 1. The van der Waals surface area contributed by atoms with E-state index in [-0.39, 0.29) is 0 Å². The average molecular weight is 392 g/mol. The highest BCUT2D eigenvalue weighted by Gasteiger charge is 2.19. The number of nitrogens with zero attached hydrogens (tertiary/aromatic N) is 2. The second-order valence-electron chi connectivity index (χ2n) is 4.76. The lowest BCUT2D eigenvalue weighted by molar-refractivity contribution is 0.175. The van der Waals surface area contributed by atoms with Gasteiger partial charge in [0.15, 0.2) is 0 Å². The molecule has 0 saturated carbocycles. The Morgan fingerprint density at radius 3 is 2.62 bits per heavy atom. The molecule has 0 radical (unpaired) electrons. The SMILES string of the molecule is CCc1nn(CC)c(CC(O)c2ccc(Cl)cc2Cl)c1Br. The second-order valence-corrected chi connectivity index (χ2v) is 6.40. The van der Waals surface area contributed by atoms with Crippen molar-refractivity contribution >= 4 is 39.1 Å². The minimum Gasteiger partial charge on any atom is -0.388 e. The minimum atomic E-state index is -0.697. The molecule has 1 unspecified atom stereocenters. The van der Waals surface area contributed by atoms with Crippen LogP contribution in [0.5, 0.6) is 0 Å². The largest absolute Gasteiger partial charge is 0.388 e. The van der Waals surface area contributed by atoms with E-state index in [1.807, 2.05) is 11.6 Å². The van der Waals surface area contributed by atoms with E-state index in [2.05, 4.69) is 28.0 Å². The van der Waals surface area contributed by atoms with Gasteiger partial charge in [0, 0.05) is 23.0 Å². The molecule has 0 aliphatic carbocycles. The first-order valence-corrected chi connectivity index (χ1v) is 8.39. The maximum atomic E-state index is 10.5. The molecule has 0 amide bonds. The molecule has 0 bridgehead atoms. The van der Waals surface area contributed by atoms with Crippen molar-refractivity contribution in [3.8, 4) is 0 Å². The monoisotopic (exact) mass is 390 g/mol. The number of halogens is 3. The van der Waals surface area contributed by atoms with Crippen molar-refractivity contribution in [2.45, 2.75) is 39.3 Å². The molecule has 2 rings (SSSR count). The van der Waals surface area contributed by atoms with E-state index < -0.39 is 6.10 Å². The van der Waals surface area contributed by atoms with Crippen molar-refractivity contribution in [2.75, 3.05) is 0 Å². The fourth-order valence-electron chi connectivity index (χ4n) is 2.28. The van der Waals surface area contributed by atoms with Gasteiger partial charge in [0.1, 0.15) is 0 Å². The number of rotatable bonds is 5. The van der Waals surface area contributed by atoms with Crippen LogP contribution in [0.1, 0.15) is 36.9 Å². The second kappa shape index (κ2) is 7.14. The fraction of sp³-hybridized carbons (Fsp3) is 0.400. The molecule has 0 fully saturated rings. The molecule has 1 heterocycles. The third kappa shape index (κ3) is 3.62. The summed E-state index contributed by atoms with van der Waals surface area (Å²) in [7, 11) is 0. The van der Waals surface area contributed by atoms with Crippen molar-refractivity contribution in [1.82, 2.24) is 9.78 Å². The lowest BCUT2D eigenvalue weighted by Crippen LogP contribution is -2.09. The fourth-order valence-corrected chi connectivity index (χ4v) is 3.54. The summed E-state index contributed by atoms with van der Waals surface area (Å²) in [5.41, 5.74) is 2.66. The van der Waals surface area contributed by atoms with E-state index in [0.29, 0.717) is 22.0 Å². The predicted molar refractivity (Wildman–Crippen MR) is 90.1 cm³/mol. The van der Waals surface area contributed by atoms with Crippen LogP contribution in [0.15, 0.2) is 22.7 Å². The maximum absolute atomic E-state index is 10.5. The Morgan fingerprint density at radius 2 is 2.05 bits per heavy atom. The molecule has 6 heteroatoms. The summed E-state index contributed by atoms with van der Waals surface area (Å²) in [6.45, 7) is 4.85. The van der Waals surface area contributed by atoms with Gasteiger partial charge in [-0.2, -0.15) is 5.10 Å². The van der Waals surface area contributed by atoms with E-state index >= 15 is 0 Å². The molecule has 3 nitrogen and oxygen atoms in total. The number of hydrogen-bond acceptors (Lipinski definition) is 2. The van der Waals surface area contributed by atoms with E-state index in [4.69, 9.17) is 23.2 Å². The zero-order valence-corrected chi connectivity index (χ0v) is 15.0. The van der Waals surface area contributed by atoms with Gasteiger partial charge in [0.05, 0.1) is 22.0 Å². The molecule has 1 N–H and O–H groups in total. The summed E-state index contributed by atoms with van der Waals surface area (Å²) in [6, 6.07) is 5.14. The Morgan fingerprint density at radius 1 is 1.33 bits per heavy atom. The molecular weight excluding hydrogens is 375 g/mol. The van der Waals surface area contributed by atoms with Gasteiger partial charge in [0.25, 0.3) is 0 Å². The topological polar surface area (TPSA) is 38.0 Å². The van der Waals surface area contributed by atoms with Crippen LogP contribution in [-0.2, 0) is 19.4 Å². The highest BCUT2D eigenvalue weighted by Crippen LogP contribution is 2.31. The summed E-state index contributed by atoms with van der Waals surface area (Å²) in [4.78, 5) is 0. The number of aliphatic hydroxyl groups excluding tert-OH is 1. The zero-order chi connectivity index (χ0) is 15.6. The van der Waals surface area contributed by atoms with E-state index in [9.17, 15) is 5.11 Å². The Hall–Kier alpha value is -0.550. The van der Waals surface area contributed by atoms with Crippen LogP contribution < -0.4 is 0 Å². The van der Waals surface area contributed by atoms with Gasteiger partial charge in [-0.05, 0) is 47.0 Å². The first-order chi connectivity index (χ1) is 9.97. The highest BCUT2D eigenvalue weighted by atomic mass is 79.9. The Labute approximate surface area is 143 Å². The molecule has 1 aromatic carbocycles. The molecule has 0 aliphatic rings. The van der Waals surface area contributed by atoms with Crippen molar-refractivity contribution in [1.29, 1.82) is 0 Å². The van der Waals surface area contributed by atoms with Crippen LogP contribution in [0.25, 0.3) is 0 Å². The van der Waals surface area contributed by atoms with E-state index in [1.165, 1.54) is 0 Å². The molecular formula is C15H17BrCl2N2O. The van der Waals surface area contributed by atoms with Crippen molar-refractivity contribution in [2.24, 2.45) is 0 Å². The summed E-state index contributed by atoms with van der Waals surface area (Å²) < 4.78 is 2.88. The molecule has 0 spiro atoms. The Bertz CT molecular complexity index is 643. The normalized spacial score (nSPS) is 12.7. The van der Waals surface area contributed by atoms with Gasteiger partial charge < -0.3 is 5.11 Å². The molecule has 1 atom stereocenters. The van der Waals surface area contributed by atoms with Gasteiger partial charge in [-0.3, -0.25) is 4.68 Å². The molecule has 0 aliphatic heterocycles. The van der Waals surface area contributed by atoms with E-state index in [0.717, 1.165) is 28.8 Å². The van der Waals surface area contributed by atoms with Gasteiger partial charge in [-0.25, -0.2) is 0 Å². The van der Waals surface area contributed by atoms with Crippen LogP contribution >= 0.6 is 39.1 Å². The molecule has 2 aromatic rings.